The zero-order valence-electron chi connectivity index (χ0n) is 13.0. The molecule has 0 bridgehead atoms. The topological polar surface area (TPSA) is 88.5 Å². The number of rotatable bonds is 8. The van der Waals surface area contributed by atoms with Crippen molar-refractivity contribution < 1.29 is 19.4 Å². The first-order chi connectivity index (χ1) is 11.6. The van der Waals surface area contributed by atoms with E-state index in [-0.39, 0.29) is 12.5 Å². The van der Waals surface area contributed by atoms with Crippen molar-refractivity contribution in [3.63, 3.8) is 0 Å². The molecule has 2 N–H and O–H groups in total. The van der Waals surface area contributed by atoms with E-state index in [0.717, 1.165) is 11.1 Å². The number of ether oxygens (including phenoxy) is 1. The number of carboxylic acid groups (broad SMARTS) is 1. The fourth-order valence-corrected chi connectivity index (χ4v) is 1.97. The molecule has 124 valence electrons. The second kappa shape index (κ2) is 9.09. The minimum absolute atomic E-state index is 0.183. The van der Waals surface area contributed by atoms with Crippen molar-refractivity contribution in [2.24, 2.45) is 0 Å². The third-order valence-corrected chi connectivity index (χ3v) is 3.09. The van der Waals surface area contributed by atoms with Crippen LogP contribution in [-0.4, -0.2) is 35.1 Å². The Balaban J connectivity index is 1.77. The molecule has 0 radical (unpaired) electrons. The lowest BCUT2D eigenvalue weighted by atomic mass is 10.1. The largest absolute Gasteiger partial charge is 0.482 e. The maximum atomic E-state index is 11.7. The number of carboxylic acids is 1. The molecular formula is C18H18N2O4. The molecule has 0 atom stereocenters. The molecule has 0 aliphatic heterocycles. The van der Waals surface area contributed by atoms with Gasteiger partial charge in [-0.1, -0.05) is 18.2 Å². The second-order valence-electron chi connectivity index (χ2n) is 4.99. The van der Waals surface area contributed by atoms with Gasteiger partial charge in [-0.05, 0) is 41.8 Å². The van der Waals surface area contributed by atoms with Crippen LogP contribution in [0, 0.1) is 0 Å². The van der Waals surface area contributed by atoms with E-state index in [1.54, 1.807) is 42.7 Å². The Morgan fingerprint density at radius 3 is 2.88 bits per heavy atom. The number of carbonyl (C=O) groups excluding carboxylic acids is 1. The molecular weight excluding hydrogens is 308 g/mol. The highest BCUT2D eigenvalue weighted by atomic mass is 16.5. The van der Waals surface area contributed by atoms with E-state index < -0.39 is 5.97 Å². The summed E-state index contributed by atoms with van der Waals surface area (Å²) < 4.78 is 5.12. The average Bonchev–Trinajstić information content (AvgIpc) is 2.59. The summed E-state index contributed by atoms with van der Waals surface area (Å²) in [6.07, 6.45) is 7.13. The molecule has 0 unspecified atom stereocenters. The number of hydrogen-bond acceptors (Lipinski definition) is 4. The Hall–Kier alpha value is -3.15. The molecule has 0 spiro atoms. The van der Waals surface area contributed by atoms with Crippen LogP contribution in [0.15, 0.2) is 54.9 Å². The quantitative estimate of drug-likeness (QED) is 0.724. The van der Waals surface area contributed by atoms with Crippen LogP contribution in [0.2, 0.25) is 0 Å². The molecule has 2 rings (SSSR count). The number of aromatic nitrogens is 1. The predicted octanol–water partition coefficient (Wildman–Crippen LogP) is 1.92. The minimum Gasteiger partial charge on any atom is -0.482 e. The van der Waals surface area contributed by atoms with Gasteiger partial charge in [-0.15, -0.1) is 0 Å². The fourth-order valence-electron chi connectivity index (χ4n) is 1.97. The smallest absolute Gasteiger partial charge is 0.341 e. The summed E-state index contributed by atoms with van der Waals surface area (Å²) in [7, 11) is 0. The number of benzene rings is 1. The van der Waals surface area contributed by atoms with Crippen LogP contribution in [0.4, 0.5) is 0 Å². The van der Waals surface area contributed by atoms with E-state index >= 15 is 0 Å². The van der Waals surface area contributed by atoms with Crippen LogP contribution in [0.3, 0.4) is 0 Å². The van der Waals surface area contributed by atoms with Crippen LogP contribution in [0.1, 0.15) is 11.1 Å². The molecule has 1 aromatic heterocycles. The summed E-state index contributed by atoms with van der Waals surface area (Å²) in [6.45, 7) is 0.0952. The molecule has 1 aromatic carbocycles. The number of hydrogen-bond donors (Lipinski definition) is 2. The zero-order valence-corrected chi connectivity index (χ0v) is 13.0. The van der Waals surface area contributed by atoms with Gasteiger partial charge < -0.3 is 15.2 Å². The van der Waals surface area contributed by atoms with Gasteiger partial charge >= 0.3 is 5.97 Å². The third kappa shape index (κ3) is 6.31. The van der Waals surface area contributed by atoms with Crippen LogP contribution in [0.25, 0.3) is 6.08 Å². The predicted molar refractivity (Wildman–Crippen MR) is 89.6 cm³/mol. The van der Waals surface area contributed by atoms with Gasteiger partial charge in [-0.3, -0.25) is 9.78 Å². The second-order valence-corrected chi connectivity index (χ2v) is 4.99. The lowest BCUT2D eigenvalue weighted by Crippen LogP contribution is -2.23. The molecule has 24 heavy (non-hydrogen) atoms. The summed E-state index contributed by atoms with van der Waals surface area (Å²) in [5.41, 5.74) is 1.81. The van der Waals surface area contributed by atoms with Gasteiger partial charge in [0.1, 0.15) is 5.75 Å². The lowest BCUT2D eigenvalue weighted by Gasteiger charge is -2.06. The number of nitrogens with zero attached hydrogens (tertiary/aromatic N) is 1. The lowest BCUT2D eigenvalue weighted by molar-refractivity contribution is -0.139. The molecule has 6 nitrogen and oxygen atoms in total. The number of aliphatic carboxylic acids is 1. The summed E-state index contributed by atoms with van der Waals surface area (Å²) in [4.78, 5) is 26.2. The first-order valence-corrected chi connectivity index (χ1v) is 7.43. The van der Waals surface area contributed by atoms with Crippen molar-refractivity contribution in [2.75, 3.05) is 13.2 Å². The van der Waals surface area contributed by atoms with Crippen molar-refractivity contribution in [2.45, 2.75) is 6.42 Å². The first-order valence-electron chi connectivity index (χ1n) is 7.43. The van der Waals surface area contributed by atoms with Crippen LogP contribution < -0.4 is 10.1 Å². The van der Waals surface area contributed by atoms with E-state index in [1.165, 1.54) is 6.08 Å². The van der Waals surface area contributed by atoms with E-state index in [0.29, 0.717) is 18.7 Å². The van der Waals surface area contributed by atoms with Gasteiger partial charge in [0.05, 0.1) is 0 Å². The number of nitrogens with one attached hydrogen (secondary N) is 1. The zero-order chi connectivity index (χ0) is 17.2. The standard InChI is InChI=1S/C18H18N2O4/c21-17(7-6-15-4-2-9-19-12-15)20-10-8-14-3-1-5-16(11-14)24-13-18(22)23/h1-7,9,11-12H,8,10,13H2,(H,20,21)(H,22,23). The number of pyridine rings is 1. The molecule has 0 saturated carbocycles. The maximum absolute atomic E-state index is 11.7. The SMILES string of the molecule is O=C(O)COc1cccc(CCNC(=O)C=Cc2cccnc2)c1. The van der Waals surface area contributed by atoms with E-state index in [2.05, 4.69) is 10.3 Å². The molecule has 1 amide bonds. The van der Waals surface area contributed by atoms with Crippen LogP contribution in [0.5, 0.6) is 5.75 Å². The summed E-state index contributed by atoms with van der Waals surface area (Å²) in [5.74, 6) is -0.706. The van der Waals surface area contributed by atoms with Gasteiger partial charge in [-0.2, -0.15) is 0 Å². The average molecular weight is 326 g/mol. The van der Waals surface area contributed by atoms with Gasteiger partial charge in [0.15, 0.2) is 6.61 Å². The molecule has 0 fully saturated rings. The van der Waals surface area contributed by atoms with Crippen LogP contribution in [-0.2, 0) is 16.0 Å². The summed E-state index contributed by atoms with van der Waals surface area (Å²) in [5, 5.41) is 11.4. The Bertz CT molecular complexity index is 714. The molecule has 1 heterocycles. The summed E-state index contributed by atoms with van der Waals surface area (Å²) in [6, 6.07) is 10.8. The molecule has 6 heteroatoms. The van der Waals surface area contributed by atoms with Crippen molar-refractivity contribution in [3.8, 4) is 5.75 Å². The highest BCUT2D eigenvalue weighted by Gasteiger charge is 2.01. The molecule has 0 aliphatic rings. The molecule has 0 aliphatic carbocycles. The van der Waals surface area contributed by atoms with Crippen molar-refractivity contribution in [1.29, 1.82) is 0 Å². The van der Waals surface area contributed by atoms with Crippen molar-refractivity contribution >= 4 is 18.0 Å². The van der Waals surface area contributed by atoms with E-state index in [1.807, 2.05) is 12.1 Å². The molecule has 0 saturated heterocycles. The van der Waals surface area contributed by atoms with Gasteiger partial charge in [0, 0.05) is 25.0 Å². The Kier molecular flexibility index (Phi) is 6.52. The van der Waals surface area contributed by atoms with Gasteiger partial charge in [-0.25, -0.2) is 4.79 Å². The van der Waals surface area contributed by atoms with Crippen molar-refractivity contribution in [1.82, 2.24) is 10.3 Å². The third-order valence-electron chi connectivity index (χ3n) is 3.09. The van der Waals surface area contributed by atoms with Gasteiger partial charge in [0.2, 0.25) is 5.91 Å². The highest BCUT2D eigenvalue weighted by Crippen LogP contribution is 2.13. The Morgan fingerprint density at radius 2 is 2.12 bits per heavy atom. The molecule has 2 aromatic rings. The van der Waals surface area contributed by atoms with Crippen LogP contribution >= 0.6 is 0 Å². The fraction of sp³-hybridized carbons (Fsp3) is 0.167. The number of carbonyl (C=O) groups is 2. The number of amides is 1. The Morgan fingerprint density at radius 1 is 1.25 bits per heavy atom. The normalized spacial score (nSPS) is 10.5. The minimum atomic E-state index is -1.02. The van der Waals surface area contributed by atoms with Crippen molar-refractivity contribution in [3.05, 3.63) is 66.0 Å². The Labute approximate surface area is 139 Å². The first kappa shape index (κ1) is 17.2. The van der Waals surface area contributed by atoms with E-state index in [4.69, 9.17) is 9.84 Å². The van der Waals surface area contributed by atoms with Gasteiger partial charge in [0.25, 0.3) is 0 Å². The highest BCUT2D eigenvalue weighted by molar-refractivity contribution is 5.91. The van der Waals surface area contributed by atoms with E-state index in [9.17, 15) is 9.59 Å². The summed E-state index contributed by atoms with van der Waals surface area (Å²) >= 11 is 0. The monoisotopic (exact) mass is 326 g/mol. The maximum Gasteiger partial charge on any atom is 0.341 e.